The van der Waals surface area contributed by atoms with Gasteiger partial charge >= 0.3 is 5.97 Å². The molecule has 0 aliphatic carbocycles. The zero-order valence-corrected chi connectivity index (χ0v) is 24.8. The molecule has 0 fully saturated rings. The molecule has 1 aromatic heterocycles. The molecule has 0 spiro atoms. The van der Waals surface area contributed by atoms with Crippen LogP contribution in [0.15, 0.2) is 54.9 Å². The van der Waals surface area contributed by atoms with Crippen molar-refractivity contribution in [2.24, 2.45) is 0 Å². The predicted octanol–water partition coefficient (Wildman–Crippen LogP) is 8.08. The molecular weight excluding hydrogens is 486 g/mol. The van der Waals surface area contributed by atoms with E-state index < -0.39 is 0 Å². The molecule has 2 aromatic rings. The lowest BCUT2D eigenvalue weighted by molar-refractivity contribution is -0.688. The van der Waals surface area contributed by atoms with Crippen molar-refractivity contribution in [1.29, 1.82) is 0 Å². The van der Waals surface area contributed by atoms with Crippen LogP contribution in [0.4, 0.5) is 0 Å². The van der Waals surface area contributed by atoms with Crippen LogP contribution in [0.5, 0.6) is 0 Å². The van der Waals surface area contributed by atoms with Crippen LogP contribution in [0, 0.1) is 0 Å². The number of pyridine rings is 1. The van der Waals surface area contributed by atoms with Gasteiger partial charge < -0.3 is 14.2 Å². The average Bonchev–Trinajstić information content (AvgIpc) is 2.96. The molecule has 218 valence electrons. The highest BCUT2D eigenvalue weighted by Gasteiger charge is 2.15. The number of esters is 1. The lowest BCUT2D eigenvalue weighted by Crippen LogP contribution is -2.32. The van der Waals surface area contributed by atoms with E-state index in [0.29, 0.717) is 25.3 Å². The minimum absolute atomic E-state index is 0.197. The molecule has 39 heavy (non-hydrogen) atoms. The van der Waals surface area contributed by atoms with Crippen LogP contribution in [0.25, 0.3) is 0 Å². The van der Waals surface area contributed by atoms with Crippen LogP contribution in [0.3, 0.4) is 0 Å². The molecule has 0 aliphatic rings. The van der Waals surface area contributed by atoms with Crippen LogP contribution < -0.4 is 4.57 Å². The van der Waals surface area contributed by atoms with E-state index in [1.165, 1.54) is 83.5 Å². The highest BCUT2D eigenvalue weighted by molar-refractivity contribution is 5.89. The Hall–Kier alpha value is -2.24. The van der Waals surface area contributed by atoms with Gasteiger partial charge in [0, 0.05) is 30.9 Å². The highest BCUT2D eigenvalue weighted by Crippen LogP contribution is 2.13. The first-order valence-corrected chi connectivity index (χ1v) is 15.6. The van der Waals surface area contributed by atoms with Crippen molar-refractivity contribution < 1.29 is 23.6 Å². The van der Waals surface area contributed by atoms with Gasteiger partial charge in [-0.2, -0.15) is 0 Å². The van der Waals surface area contributed by atoms with Crippen molar-refractivity contribution in [2.45, 2.75) is 116 Å². The van der Waals surface area contributed by atoms with Gasteiger partial charge in [-0.1, -0.05) is 109 Å². The highest BCUT2D eigenvalue weighted by atomic mass is 16.6. The average molecular weight is 541 g/mol. The van der Waals surface area contributed by atoms with E-state index in [9.17, 15) is 4.79 Å². The number of carbonyl (C=O) groups is 1. The van der Waals surface area contributed by atoms with Gasteiger partial charge in [0.25, 0.3) is 0 Å². The van der Waals surface area contributed by atoms with Crippen LogP contribution in [-0.4, -0.2) is 38.5 Å². The van der Waals surface area contributed by atoms with Gasteiger partial charge in [-0.05, 0) is 25.5 Å². The van der Waals surface area contributed by atoms with Crippen LogP contribution in [0.2, 0.25) is 0 Å². The summed E-state index contributed by atoms with van der Waals surface area (Å²) < 4.78 is 19.3. The van der Waals surface area contributed by atoms with E-state index in [0.717, 1.165) is 18.6 Å². The second-order valence-corrected chi connectivity index (χ2v) is 10.6. The molecule has 0 radical (unpaired) electrons. The van der Waals surface area contributed by atoms with Crippen molar-refractivity contribution in [3.8, 4) is 0 Å². The van der Waals surface area contributed by atoms with Gasteiger partial charge in [0.15, 0.2) is 18.9 Å². The number of nitrogens with zero attached hydrogens (tertiary/aromatic N) is 1. The molecule has 1 unspecified atom stereocenters. The molecule has 0 saturated carbocycles. The Morgan fingerprint density at radius 2 is 1.36 bits per heavy atom. The first-order valence-electron chi connectivity index (χ1n) is 15.6. The van der Waals surface area contributed by atoms with Crippen molar-refractivity contribution in [2.75, 3.05) is 26.4 Å². The second kappa shape index (κ2) is 22.6. The summed E-state index contributed by atoms with van der Waals surface area (Å²) in [6, 6.07) is 13.6. The number of benzene rings is 1. The molecule has 0 saturated heterocycles. The summed E-state index contributed by atoms with van der Waals surface area (Å²) in [6.07, 6.45) is 22.7. The molecule has 1 atom stereocenters. The normalized spacial score (nSPS) is 11.9. The summed E-state index contributed by atoms with van der Waals surface area (Å²) in [6.45, 7) is 6.88. The van der Waals surface area contributed by atoms with Crippen molar-refractivity contribution in [3.05, 3.63) is 66.0 Å². The third-order valence-corrected chi connectivity index (χ3v) is 7.05. The molecule has 1 heterocycles. The van der Waals surface area contributed by atoms with E-state index >= 15 is 0 Å². The van der Waals surface area contributed by atoms with Crippen LogP contribution >= 0.6 is 0 Å². The van der Waals surface area contributed by atoms with E-state index in [-0.39, 0.29) is 18.7 Å². The van der Waals surface area contributed by atoms with Crippen molar-refractivity contribution >= 4 is 5.97 Å². The quantitative estimate of drug-likeness (QED) is 0.0767. The SMILES string of the molecule is CCCCCCCCCCCCCCCCOCC(COC(=O)c1cccc(C[n+]2ccccc2)c1)OCC. The molecule has 0 bridgehead atoms. The number of unbranched alkanes of at least 4 members (excludes halogenated alkanes) is 13. The molecule has 5 heteroatoms. The zero-order valence-electron chi connectivity index (χ0n) is 24.8. The monoisotopic (exact) mass is 540 g/mol. The van der Waals surface area contributed by atoms with Crippen molar-refractivity contribution in [1.82, 2.24) is 0 Å². The summed E-state index contributed by atoms with van der Waals surface area (Å²) in [5.41, 5.74) is 1.61. The number of rotatable bonds is 24. The Kier molecular flexibility index (Phi) is 19.1. The first-order chi connectivity index (χ1) is 19.2. The Bertz CT molecular complexity index is 857. The summed E-state index contributed by atoms with van der Waals surface area (Å²) >= 11 is 0. The number of aromatic nitrogens is 1. The van der Waals surface area contributed by atoms with Gasteiger partial charge in [-0.25, -0.2) is 9.36 Å². The molecular formula is C34H54NO4+. The Balaban J connectivity index is 1.51. The maximum Gasteiger partial charge on any atom is 0.338 e. The number of ether oxygens (including phenoxy) is 3. The summed E-state index contributed by atoms with van der Waals surface area (Å²) in [5.74, 6) is -0.327. The van der Waals surface area contributed by atoms with Gasteiger partial charge in [-0.15, -0.1) is 0 Å². The van der Waals surface area contributed by atoms with Crippen molar-refractivity contribution in [3.63, 3.8) is 0 Å². The van der Waals surface area contributed by atoms with Gasteiger partial charge in [0.05, 0.1) is 12.2 Å². The first kappa shape index (κ1) is 33.0. The molecule has 0 N–H and O–H groups in total. The Morgan fingerprint density at radius 1 is 0.744 bits per heavy atom. The minimum Gasteiger partial charge on any atom is -0.459 e. The van der Waals surface area contributed by atoms with E-state index in [4.69, 9.17) is 14.2 Å². The lowest BCUT2D eigenvalue weighted by Gasteiger charge is -2.17. The zero-order chi connectivity index (χ0) is 27.8. The molecule has 1 aromatic carbocycles. The maximum absolute atomic E-state index is 12.7. The maximum atomic E-state index is 12.7. The largest absolute Gasteiger partial charge is 0.459 e. The fourth-order valence-electron chi connectivity index (χ4n) is 4.79. The Morgan fingerprint density at radius 3 is 1.97 bits per heavy atom. The molecule has 0 aliphatic heterocycles. The van der Waals surface area contributed by atoms with Gasteiger partial charge in [-0.3, -0.25) is 0 Å². The number of carbonyl (C=O) groups excluding carboxylic acids is 1. The minimum atomic E-state index is -0.327. The Labute approximate surface area is 238 Å². The summed E-state index contributed by atoms with van der Waals surface area (Å²) in [5, 5.41) is 0. The second-order valence-electron chi connectivity index (χ2n) is 10.6. The fourth-order valence-corrected chi connectivity index (χ4v) is 4.79. The summed E-state index contributed by atoms with van der Waals surface area (Å²) in [4.78, 5) is 12.7. The summed E-state index contributed by atoms with van der Waals surface area (Å²) in [7, 11) is 0. The standard InChI is InChI=1S/C34H54NO4/c1-3-5-6-7-8-9-10-11-12-13-14-15-16-20-26-37-29-33(38-4-2)30-39-34(36)32-23-21-22-31(27-32)28-35-24-18-17-19-25-35/h17-19,21-25,27,33H,3-16,20,26,28-30H2,1-2H3/q+1. The fraction of sp³-hybridized carbons (Fsp3) is 0.647. The number of hydrogen-bond donors (Lipinski definition) is 0. The molecule has 5 nitrogen and oxygen atoms in total. The van der Waals surface area contributed by atoms with Gasteiger partial charge in [0.1, 0.15) is 12.7 Å². The topological polar surface area (TPSA) is 48.6 Å². The third kappa shape index (κ3) is 16.5. The molecule has 2 rings (SSSR count). The van der Waals surface area contributed by atoms with E-state index in [2.05, 4.69) is 11.5 Å². The molecule has 0 amide bonds. The predicted molar refractivity (Wildman–Crippen MR) is 159 cm³/mol. The number of hydrogen-bond acceptors (Lipinski definition) is 4. The lowest BCUT2D eigenvalue weighted by atomic mass is 10.0. The van der Waals surface area contributed by atoms with E-state index in [1.807, 2.05) is 55.7 Å². The van der Waals surface area contributed by atoms with Crippen LogP contribution in [-0.2, 0) is 20.8 Å². The smallest absolute Gasteiger partial charge is 0.338 e. The van der Waals surface area contributed by atoms with Crippen LogP contribution in [0.1, 0.15) is 120 Å². The third-order valence-electron chi connectivity index (χ3n) is 7.05. The van der Waals surface area contributed by atoms with Gasteiger partial charge in [0.2, 0.25) is 0 Å². The van der Waals surface area contributed by atoms with E-state index in [1.54, 1.807) is 6.07 Å².